The lowest BCUT2D eigenvalue weighted by atomic mass is 10.2. The Balaban J connectivity index is 3.60. The first kappa shape index (κ1) is 16.0. The highest BCUT2D eigenvalue weighted by atomic mass is 32.2. The van der Waals surface area contributed by atoms with Gasteiger partial charge in [-0.2, -0.15) is 0 Å². The van der Waals surface area contributed by atoms with Crippen molar-refractivity contribution in [2.24, 2.45) is 5.73 Å². The van der Waals surface area contributed by atoms with E-state index in [0.29, 0.717) is 12.1 Å². The Hall–Kier alpha value is -2.03. The molecule has 0 aliphatic carbocycles. The van der Waals surface area contributed by atoms with Crippen LogP contribution in [0.15, 0.2) is 17.0 Å². The highest BCUT2D eigenvalue weighted by Gasteiger charge is 2.35. The largest absolute Gasteiger partial charge is 0.477 e. The van der Waals surface area contributed by atoms with Gasteiger partial charge in [-0.15, -0.1) is 0 Å². The maximum absolute atomic E-state index is 13.9. The molecule has 0 radical (unpaired) electrons. The molecule has 0 aromatic heterocycles. The molecule has 0 aliphatic heterocycles. The zero-order chi connectivity index (χ0) is 15.7. The SMILES string of the molecule is CCC(C(N)=O)S(=O)(=O)c1ccc(F)c(C(=O)O)c1F. The quantitative estimate of drug-likeness (QED) is 0.777. The van der Waals surface area contributed by atoms with Gasteiger partial charge in [-0.3, -0.25) is 4.79 Å². The van der Waals surface area contributed by atoms with Crippen LogP contribution in [-0.2, 0) is 14.6 Å². The van der Waals surface area contributed by atoms with Gasteiger partial charge in [0.2, 0.25) is 5.91 Å². The van der Waals surface area contributed by atoms with Crippen LogP contribution in [0, 0.1) is 11.6 Å². The molecule has 6 nitrogen and oxygen atoms in total. The van der Waals surface area contributed by atoms with Crippen LogP contribution in [0.2, 0.25) is 0 Å². The third-order valence-corrected chi connectivity index (χ3v) is 4.88. The Morgan fingerprint density at radius 1 is 1.35 bits per heavy atom. The van der Waals surface area contributed by atoms with Crippen LogP contribution >= 0.6 is 0 Å². The van der Waals surface area contributed by atoms with Crippen molar-refractivity contribution < 1.29 is 31.9 Å². The maximum atomic E-state index is 13.9. The van der Waals surface area contributed by atoms with Crippen LogP contribution in [-0.4, -0.2) is 30.7 Å². The number of aromatic carboxylic acids is 1. The van der Waals surface area contributed by atoms with Crippen LogP contribution in [0.4, 0.5) is 8.78 Å². The summed E-state index contributed by atoms with van der Waals surface area (Å²) < 4.78 is 51.2. The third-order valence-electron chi connectivity index (χ3n) is 2.64. The molecule has 1 rings (SSSR count). The molecular weight excluding hydrogens is 296 g/mol. The highest BCUT2D eigenvalue weighted by molar-refractivity contribution is 7.92. The van der Waals surface area contributed by atoms with Gasteiger partial charge < -0.3 is 10.8 Å². The zero-order valence-corrected chi connectivity index (χ0v) is 11.1. The van der Waals surface area contributed by atoms with E-state index in [1.54, 1.807) is 0 Å². The third kappa shape index (κ3) is 2.62. The van der Waals surface area contributed by atoms with Crippen molar-refractivity contribution in [3.8, 4) is 0 Å². The van der Waals surface area contributed by atoms with Crippen molar-refractivity contribution in [1.29, 1.82) is 0 Å². The average Bonchev–Trinajstić information content (AvgIpc) is 2.27. The van der Waals surface area contributed by atoms with Gasteiger partial charge in [0.25, 0.3) is 0 Å². The van der Waals surface area contributed by atoms with Gasteiger partial charge in [0.05, 0.1) is 0 Å². The zero-order valence-electron chi connectivity index (χ0n) is 10.3. The van der Waals surface area contributed by atoms with Crippen LogP contribution in [0.3, 0.4) is 0 Å². The molecule has 3 N–H and O–H groups in total. The molecule has 1 aromatic carbocycles. The lowest BCUT2D eigenvalue weighted by molar-refractivity contribution is -0.117. The number of carboxylic acids is 1. The molecule has 20 heavy (non-hydrogen) atoms. The standard InChI is InChI=1S/C11H11F2NO5S/c1-2-6(10(14)15)20(18,19)7-4-3-5(12)8(9(7)13)11(16)17/h3-4,6H,2H2,1H3,(H2,14,15)(H,16,17). The van der Waals surface area contributed by atoms with Gasteiger partial charge in [0.1, 0.15) is 21.5 Å². The highest BCUT2D eigenvalue weighted by Crippen LogP contribution is 2.25. The summed E-state index contributed by atoms with van der Waals surface area (Å²) in [5.74, 6) is -6.32. The normalized spacial score (nSPS) is 12.9. The van der Waals surface area contributed by atoms with Crippen molar-refractivity contribution in [3.05, 3.63) is 29.3 Å². The van der Waals surface area contributed by atoms with E-state index in [-0.39, 0.29) is 6.42 Å². The van der Waals surface area contributed by atoms with E-state index in [1.807, 2.05) is 0 Å². The average molecular weight is 307 g/mol. The van der Waals surface area contributed by atoms with E-state index < -0.39 is 49.1 Å². The summed E-state index contributed by atoms with van der Waals surface area (Å²) in [4.78, 5) is 20.7. The van der Waals surface area contributed by atoms with E-state index >= 15 is 0 Å². The molecule has 1 amide bonds. The van der Waals surface area contributed by atoms with Crippen LogP contribution < -0.4 is 5.73 Å². The fourth-order valence-electron chi connectivity index (χ4n) is 1.68. The summed E-state index contributed by atoms with van der Waals surface area (Å²) in [5.41, 5.74) is 3.52. The number of primary amides is 1. The summed E-state index contributed by atoms with van der Waals surface area (Å²) in [7, 11) is -4.53. The number of amides is 1. The second-order valence-electron chi connectivity index (χ2n) is 3.88. The van der Waals surface area contributed by atoms with Gasteiger partial charge in [-0.05, 0) is 18.6 Å². The second kappa shape index (κ2) is 5.53. The number of halogens is 2. The van der Waals surface area contributed by atoms with Crippen molar-refractivity contribution in [3.63, 3.8) is 0 Å². The first-order valence-corrected chi connectivity index (χ1v) is 6.93. The van der Waals surface area contributed by atoms with Crippen molar-refractivity contribution >= 4 is 21.7 Å². The number of rotatable bonds is 5. The lowest BCUT2D eigenvalue weighted by Crippen LogP contribution is -2.36. The molecule has 0 saturated heterocycles. The van der Waals surface area contributed by atoms with E-state index in [4.69, 9.17) is 10.8 Å². The smallest absolute Gasteiger partial charge is 0.341 e. The summed E-state index contributed by atoms with van der Waals surface area (Å²) in [6.07, 6.45) is -0.225. The van der Waals surface area contributed by atoms with Crippen molar-refractivity contribution in [2.45, 2.75) is 23.5 Å². The number of carbonyl (C=O) groups is 2. The molecule has 9 heteroatoms. The minimum Gasteiger partial charge on any atom is -0.477 e. The number of hydrogen-bond acceptors (Lipinski definition) is 4. The number of hydrogen-bond donors (Lipinski definition) is 2. The number of benzene rings is 1. The Bertz CT molecular complexity index is 672. The fourth-order valence-corrected chi connectivity index (χ4v) is 3.34. The summed E-state index contributed by atoms with van der Waals surface area (Å²) in [5, 5.41) is 6.96. The Morgan fingerprint density at radius 2 is 1.90 bits per heavy atom. The van der Waals surface area contributed by atoms with Gasteiger partial charge in [0, 0.05) is 0 Å². The molecule has 1 unspecified atom stereocenters. The summed E-state index contributed by atoms with van der Waals surface area (Å²) >= 11 is 0. The molecule has 0 fully saturated rings. The van der Waals surface area contributed by atoms with E-state index in [1.165, 1.54) is 6.92 Å². The molecule has 0 saturated carbocycles. The van der Waals surface area contributed by atoms with Gasteiger partial charge >= 0.3 is 5.97 Å². The molecule has 1 aromatic rings. The molecule has 0 heterocycles. The lowest BCUT2D eigenvalue weighted by Gasteiger charge is -2.14. The predicted octanol–water partition coefficient (Wildman–Crippen LogP) is 0.701. The number of carboxylic acid groups (broad SMARTS) is 1. The van der Waals surface area contributed by atoms with Crippen LogP contribution in [0.5, 0.6) is 0 Å². The van der Waals surface area contributed by atoms with Gasteiger partial charge in [0.15, 0.2) is 15.7 Å². The minimum absolute atomic E-state index is 0.225. The van der Waals surface area contributed by atoms with Crippen molar-refractivity contribution in [1.82, 2.24) is 0 Å². The first-order valence-electron chi connectivity index (χ1n) is 5.39. The molecular formula is C11H11F2NO5S. The number of nitrogens with two attached hydrogens (primary N) is 1. The summed E-state index contributed by atoms with van der Waals surface area (Å²) in [6.45, 7) is 1.34. The van der Waals surface area contributed by atoms with E-state index in [9.17, 15) is 26.8 Å². The summed E-state index contributed by atoms with van der Waals surface area (Å²) in [6, 6.07) is 1.07. The molecule has 0 bridgehead atoms. The van der Waals surface area contributed by atoms with Crippen LogP contribution in [0.25, 0.3) is 0 Å². The van der Waals surface area contributed by atoms with Crippen LogP contribution in [0.1, 0.15) is 23.7 Å². The van der Waals surface area contributed by atoms with E-state index in [0.717, 1.165) is 0 Å². The van der Waals surface area contributed by atoms with E-state index in [2.05, 4.69) is 0 Å². The number of sulfone groups is 1. The Labute approximate surface area is 113 Å². The molecule has 0 aliphatic rings. The predicted molar refractivity (Wildman–Crippen MR) is 63.8 cm³/mol. The van der Waals surface area contributed by atoms with Gasteiger partial charge in [-0.1, -0.05) is 6.92 Å². The van der Waals surface area contributed by atoms with Crippen molar-refractivity contribution in [2.75, 3.05) is 0 Å². The topological polar surface area (TPSA) is 115 Å². The molecule has 0 spiro atoms. The molecule has 1 atom stereocenters. The Morgan fingerprint density at radius 3 is 2.30 bits per heavy atom. The molecule has 110 valence electrons. The maximum Gasteiger partial charge on any atom is 0.341 e. The first-order chi connectivity index (χ1) is 9.14. The number of carbonyl (C=O) groups excluding carboxylic acids is 1. The fraction of sp³-hybridized carbons (Fsp3) is 0.273. The minimum atomic E-state index is -4.53. The van der Waals surface area contributed by atoms with Gasteiger partial charge in [-0.25, -0.2) is 22.0 Å². The monoisotopic (exact) mass is 307 g/mol. The Kier molecular flexibility index (Phi) is 4.43. The second-order valence-corrected chi connectivity index (χ2v) is 5.98.